The van der Waals surface area contributed by atoms with Crippen molar-refractivity contribution in [2.24, 2.45) is 9.98 Å². The van der Waals surface area contributed by atoms with Crippen LogP contribution in [-0.2, 0) is 9.59 Å². The van der Waals surface area contributed by atoms with Crippen molar-refractivity contribution in [3.05, 3.63) is 48.5 Å². The SMILES string of the molecule is O=C=Nc1cccc(-c2ccccc2N=C=O)c1. The molecular formula is C14H8N2O2. The third-order valence-corrected chi connectivity index (χ3v) is 2.40. The van der Waals surface area contributed by atoms with Gasteiger partial charge in [0.1, 0.15) is 0 Å². The minimum absolute atomic E-state index is 0.507. The summed E-state index contributed by atoms with van der Waals surface area (Å²) in [5.74, 6) is 0. The van der Waals surface area contributed by atoms with E-state index < -0.39 is 0 Å². The highest BCUT2D eigenvalue weighted by molar-refractivity contribution is 5.78. The van der Waals surface area contributed by atoms with Gasteiger partial charge < -0.3 is 0 Å². The standard InChI is InChI=1S/C14H8N2O2/c17-9-15-12-5-3-4-11(8-12)13-6-1-2-7-14(13)16-10-18/h1-8H. The van der Waals surface area contributed by atoms with Crippen LogP contribution in [0.15, 0.2) is 58.5 Å². The number of para-hydroxylation sites is 1. The molecular weight excluding hydrogens is 228 g/mol. The molecule has 0 N–H and O–H groups in total. The number of aliphatic imine (C=N–C) groups is 2. The van der Waals surface area contributed by atoms with Gasteiger partial charge in [-0.3, -0.25) is 0 Å². The number of hydrogen-bond donors (Lipinski definition) is 0. The van der Waals surface area contributed by atoms with Gasteiger partial charge in [-0.05, 0) is 23.8 Å². The van der Waals surface area contributed by atoms with Crippen molar-refractivity contribution in [1.82, 2.24) is 0 Å². The first-order valence-electron chi connectivity index (χ1n) is 5.20. The first-order chi connectivity index (χ1) is 8.85. The predicted octanol–water partition coefficient (Wildman–Crippen LogP) is 3.29. The molecule has 18 heavy (non-hydrogen) atoms. The molecule has 0 fully saturated rings. The molecule has 0 saturated carbocycles. The van der Waals surface area contributed by atoms with E-state index in [1.807, 2.05) is 18.2 Å². The molecule has 0 radical (unpaired) electrons. The fourth-order valence-corrected chi connectivity index (χ4v) is 1.66. The van der Waals surface area contributed by atoms with Crippen molar-refractivity contribution in [3.63, 3.8) is 0 Å². The van der Waals surface area contributed by atoms with E-state index in [1.54, 1.807) is 30.3 Å². The summed E-state index contributed by atoms with van der Waals surface area (Å²) in [6.07, 6.45) is 3.01. The van der Waals surface area contributed by atoms with E-state index in [4.69, 9.17) is 0 Å². The Morgan fingerprint density at radius 1 is 0.833 bits per heavy atom. The van der Waals surface area contributed by atoms with Crippen molar-refractivity contribution < 1.29 is 9.59 Å². The average Bonchev–Trinajstić information content (AvgIpc) is 2.40. The molecule has 2 aromatic rings. The van der Waals surface area contributed by atoms with Crippen LogP contribution in [0.25, 0.3) is 11.1 Å². The molecule has 0 heterocycles. The van der Waals surface area contributed by atoms with Crippen LogP contribution in [0.3, 0.4) is 0 Å². The Labute approximate surface area is 103 Å². The maximum absolute atomic E-state index is 10.4. The lowest BCUT2D eigenvalue weighted by Crippen LogP contribution is -1.78. The number of isocyanates is 2. The first-order valence-corrected chi connectivity index (χ1v) is 5.20. The summed E-state index contributed by atoms with van der Waals surface area (Å²) >= 11 is 0. The van der Waals surface area contributed by atoms with Crippen LogP contribution in [0, 0.1) is 0 Å². The summed E-state index contributed by atoms with van der Waals surface area (Å²) in [6.45, 7) is 0. The third kappa shape index (κ3) is 2.47. The minimum atomic E-state index is 0.507. The highest BCUT2D eigenvalue weighted by Gasteiger charge is 2.04. The van der Waals surface area contributed by atoms with E-state index in [-0.39, 0.29) is 0 Å². The van der Waals surface area contributed by atoms with Gasteiger partial charge >= 0.3 is 0 Å². The summed E-state index contributed by atoms with van der Waals surface area (Å²) < 4.78 is 0. The van der Waals surface area contributed by atoms with Crippen LogP contribution >= 0.6 is 0 Å². The summed E-state index contributed by atoms with van der Waals surface area (Å²) in [5, 5.41) is 0. The lowest BCUT2D eigenvalue weighted by Gasteiger charge is -2.04. The Balaban J connectivity index is 2.58. The Bertz CT molecular complexity index is 667. The fourth-order valence-electron chi connectivity index (χ4n) is 1.66. The molecule has 2 rings (SSSR count). The Morgan fingerprint density at radius 2 is 1.61 bits per heavy atom. The number of benzene rings is 2. The summed E-state index contributed by atoms with van der Waals surface area (Å²) in [5.41, 5.74) is 2.64. The second kappa shape index (κ2) is 5.51. The topological polar surface area (TPSA) is 58.9 Å². The van der Waals surface area contributed by atoms with E-state index >= 15 is 0 Å². The van der Waals surface area contributed by atoms with Crippen LogP contribution in [0.4, 0.5) is 11.4 Å². The molecule has 0 aromatic heterocycles. The molecule has 0 aliphatic carbocycles. The number of rotatable bonds is 3. The zero-order chi connectivity index (χ0) is 12.8. The predicted molar refractivity (Wildman–Crippen MR) is 67.4 cm³/mol. The number of nitrogens with zero attached hydrogens (tertiary/aromatic N) is 2. The summed E-state index contributed by atoms with van der Waals surface area (Å²) in [6, 6.07) is 14.2. The zero-order valence-electron chi connectivity index (χ0n) is 9.33. The minimum Gasteiger partial charge on any atom is -0.211 e. The van der Waals surface area contributed by atoms with Crippen LogP contribution in [0.2, 0.25) is 0 Å². The quantitative estimate of drug-likeness (QED) is 0.606. The van der Waals surface area contributed by atoms with Gasteiger partial charge in [0.25, 0.3) is 0 Å². The molecule has 4 heteroatoms. The van der Waals surface area contributed by atoms with Crippen molar-refractivity contribution in [2.45, 2.75) is 0 Å². The molecule has 0 bridgehead atoms. The van der Waals surface area contributed by atoms with Gasteiger partial charge in [-0.1, -0.05) is 30.3 Å². The molecule has 4 nitrogen and oxygen atoms in total. The van der Waals surface area contributed by atoms with Crippen molar-refractivity contribution in [3.8, 4) is 11.1 Å². The monoisotopic (exact) mass is 236 g/mol. The Morgan fingerprint density at radius 3 is 2.39 bits per heavy atom. The van der Waals surface area contributed by atoms with Gasteiger partial charge in [-0.2, -0.15) is 9.98 Å². The van der Waals surface area contributed by atoms with E-state index in [9.17, 15) is 9.59 Å². The van der Waals surface area contributed by atoms with Gasteiger partial charge in [-0.15, -0.1) is 0 Å². The second-order valence-corrected chi connectivity index (χ2v) is 3.47. The van der Waals surface area contributed by atoms with Gasteiger partial charge in [0.15, 0.2) is 0 Å². The Kier molecular flexibility index (Phi) is 3.57. The first kappa shape index (κ1) is 11.7. The molecule has 86 valence electrons. The molecule has 0 saturated heterocycles. The second-order valence-electron chi connectivity index (χ2n) is 3.47. The van der Waals surface area contributed by atoms with Gasteiger partial charge in [-0.25, -0.2) is 9.59 Å². The zero-order valence-corrected chi connectivity index (χ0v) is 9.33. The maximum atomic E-state index is 10.4. The van der Waals surface area contributed by atoms with Crippen LogP contribution in [0.5, 0.6) is 0 Å². The molecule has 2 aromatic carbocycles. The van der Waals surface area contributed by atoms with E-state index in [0.29, 0.717) is 11.4 Å². The smallest absolute Gasteiger partial charge is 0.211 e. The largest absolute Gasteiger partial charge is 0.240 e. The van der Waals surface area contributed by atoms with Crippen molar-refractivity contribution >= 4 is 23.5 Å². The molecule has 0 amide bonds. The van der Waals surface area contributed by atoms with Gasteiger partial charge in [0, 0.05) is 5.56 Å². The van der Waals surface area contributed by atoms with Crippen LogP contribution in [-0.4, -0.2) is 12.2 Å². The molecule has 0 atom stereocenters. The summed E-state index contributed by atoms with van der Waals surface area (Å²) in [4.78, 5) is 27.8. The molecule has 0 spiro atoms. The van der Waals surface area contributed by atoms with Gasteiger partial charge in [0.2, 0.25) is 12.2 Å². The lowest BCUT2D eigenvalue weighted by atomic mass is 10.0. The lowest BCUT2D eigenvalue weighted by molar-refractivity contribution is 0.564. The number of carbonyl (C=O) groups excluding carboxylic acids is 2. The van der Waals surface area contributed by atoms with Gasteiger partial charge in [0.05, 0.1) is 11.4 Å². The highest BCUT2D eigenvalue weighted by atomic mass is 16.1. The number of hydrogen-bond acceptors (Lipinski definition) is 4. The fraction of sp³-hybridized carbons (Fsp3) is 0. The molecule has 0 aliphatic rings. The molecule has 0 unspecified atom stereocenters. The maximum Gasteiger partial charge on any atom is 0.240 e. The van der Waals surface area contributed by atoms with E-state index in [1.165, 1.54) is 12.2 Å². The normalized spacial score (nSPS) is 9.11. The van der Waals surface area contributed by atoms with Crippen LogP contribution in [0.1, 0.15) is 0 Å². The van der Waals surface area contributed by atoms with Crippen molar-refractivity contribution in [1.29, 1.82) is 0 Å². The molecule has 0 aliphatic heterocycles. The third-order valence-electron chi connectivity index (χ3n) is 2.40. The highest BCUT2D eigenvalue weighted by Crippen LogP contribution is 2.31. The van der Waals surface area contributed by atoms with Crippen LogP contribution < -0.4 is 0 Å². The van der Waals surface area contributed by atoms with Crippen molar-refractivity contribution in [2.75, 3.05) is 0 Å². The average molecular weight is 236 g/mol. The summed E-state index contributed by atoms with van der Waals surface area (Å²) in [7, 11) is 0. The van der Waals surface area contributed by atoms with E-state index in [2.05, 4.69) is 9.98 Å². The Hall–Kier alpha value is -2.80. The van der Waals surface area contributed by atoms with E-state index in [0.717, 1.165) is 11.1 Å².